The molecule has 160 valence electrons. The lowest BCUT2D eigenvalue weighted by Gasteiger charge is -2.17. The van der Waals surface area contributed by atoms with Gasteiger partial charge in [0.05, 0.1) is 11.4 Å². The molecule has 0 amide bonds. The number of hydrogen-bond acceptors (Lipinski definition) is 4. The number of aryl methyl sites for hydroxylation is 2. The van der Waals surface area contributed by atoms with Gasteiger partial charge in [-0.2, -0.15) is 0 Å². The van der Waals surface area contributed by atoms with E-state index in [4.69, 9.17) is 0 Å². The highest BCUT2D eigenvalue weighted by atomic mass is 32.2. The molecule has 7 nitrogen and oxygen atoms in total. The number of anilines is 1. The van der Waals surface area contributed by atoms with E-state index in [-0.39, 0.29) is 12.2 Å². The van der Waals surface area contributed by atoms with Crippen LogP contribution >= 0.6 is 0 Å². The fourth-order valence-electron chi connectivity index (χ4n) is 3.77. The van der Waals surface area contributed by atoms with Crippen molar-refractivity contribution in [3.05, 3.63) is 93.0 Å². The van der Waals surface area contributed by atoms with E-state index in [1.807, 2.05) is 45.9 Å². The first kappa shape index (κ1) is 20.9. The summed E-state index contributed by atoms with van der Waals surface area (Å²) < 4.78 is 31.9. The minimum Gasteiger partial charge on any atom is -0.280 e. The molecule has 0 unspecified atom stereocenters. The molecule has 0 fully saturated rings. The van der Waals surface area contributed by atoms with Gasteiger partial charge in [-0.05, 0) is 79.8 Å². The maximum Gasteiger partial charge on any atom is 0.350 e. The van der Waals surface area contributed by atoms with E-state index in [1.165, 1.54) is 9.08 Å². The number of benzene rings is 2. The molecule has 0 bridgehead atoms. The minimum atomic E-state index is -3.78. The van der Waals surface area contributed by atoms with Gasteiger partial charge in [0.15, 0.2) is 5.65 Å². The summed E-state index contributed by atoms with van der Waals surface area (Å²) >= 11 is 0. The third kappa shape index (κ3) is 3.86. The lowest BCUT2D eigenvalue weighted by molar-refractivity contribution is 0.599. The van der Waals surface area contributed by atoms with E-state index >= 15 is 0 Å². The van der Waals surface area contributed by atoms with Gasteiger partial charge in [0.2, 0.25) is 0 Å². The maximum absolute atomic E-state index is 13.2. The van der Waals surface area contributed by atoms with Gasteiger partial charge in [-0.15, -0.1) is 5.10 Å². The van der Waals surface area contributed by atoms with Crippen LogP contribution in [0.15, 0.2) is 64.4 Å². The van der Waals surface area contributed by atoms with Crippen LogP contribution in [0.4, 0.5) is 5.69 Å². The molecule has 4 aromatic rings. The summed E-state index contributed by atoms with van der Waals surface area (Å²) in [6.45, 7) is 7.70. The Morgan fingerprint density at radius 2 is 1.65 bits per heavy atom. The SMILES string of the molecule is Cc1cc(C)c(C)c(S(=O)(=O)Nc2cccc(Cn3nc4ccccn4c3=O)c2)c1C. The summed E-state index contributed by atoms with van der Waals surface area (Å²) in [4.78, 5) is 12.8. The largest absolute Gasteiger partial charge is 0.350 e. The molecule has 31 heavy (non-hydrogen) atoms. The van der Waals surface area contributed by atoms with Crippen molar-refractivity contribution in [3.63, 3.8) is 0 Å². The molecule has 2 heterocycles. The summed E-state index contributed by atoms with van der Waals surface area (Å²) in [5.41, 5.74) is 4.86. The third-order valence-corrected chi connectivity index (χ3v) is 7.22. The average molecular weight is 437 g/mol. The molecular weight excluding hydrogens is 412 g/mol. The number of hydrogen-bond donors (Lipinski definition) is 1. The van der Waals surface area contributed by atoms with Gasteiger partial charge in [0, 0.05) is 11.9 Å². The monoisotopic (exact) mass is 436 g/mol. The number of rotatable bonds is 5. The second-order valence-electron chi connectivity index (χ2n) is 7.76. The standard InChI is InChI=1S/C23H24N4O3S/c1-15-12-16(2)18(4)22(17(15)3)31(29,30)25-20-9-7-8-19(13-20)14-27-23(28)26-11-6-5-10-21(26)24-27/h5-13,25H,14H2,1-4H3. The second-order valence-corrected chi connectivity index (χ2v) is 9.38. The number of pyridine rings is 1. The molecule has 0 aliphatic heterocycles. The van der Waals surface area contributed by atoms with Gasteiger partial charge in [-0.1, -0.05) is 24.3 Å². The van der Waals surface area contributed by atoms with Crippen LogP contribution in [-0.4, -0.2) is 22.6 Å². The Kier molecular flexibility index (Phi) is 5.18. The summed E-state index contributed by atoms with van der Waals surface area (Å²) in [5.74, 6) is 0. The van der Waals surface area contributed by atoms with Crippen LogP contribution in [0.25, 0.3) is 5.65 Å². The van der Waals surface area contributed by atoms with Crippen molar-refractivity contribution >= 4 is 21.4 Å². The van der Waals surface area contributed by atoms with Crippen LogP contribution in [0.5, 0.6) is 0 Å². The number of nitrogens with one attached hydrogen (secondary N) is 1. The van der Waals surface area contributed by atoms with Crippen LogP contribution in [0.2, 0.25) is 0 Å². The smallest absolute Gasteiger partial charge is 0.280 e. The molecule has 0 radical (unpaired) electrons. The summed E-state index contributed by atoms with van der Waals surface area (Å²) in [5, 5.41) is 4.33. The van der Waals surface area contributed by atoms with Crippen LogP contribution in [0, 0.1) is 27.7 Å². The highest BCUT2D eigenvalue weighted by Gasteiger charge is 2.22. The fraction of sp³-hybridized carbons (Fsp3) is 0.217. The van der Waals surface area contributed by atoms with E-state index in [0.29, 0.717) is 16.2 Å². The molecule has 0 saturated heterocycles. The molecular formula is C23H24N4O3S. The third-order valence-electron chi connectivity index (χ3n) is 5.57. The zero-order valence-corrected chi connectivity index (χ0v) is 18.7. The predicted molar refractivity (Wildman–Crippen MR) is 121 cm³/mol. The van der Waals surface area contributed by atoms with E-state index in [2.05, 4.69) is 9.82 Å². The Hall–Kier alpha value is -3.39. The topological polar surface area (TPSA) is 85.5 Å². The van der Waals surface area contributed by atoms with Gasteiger partial charge in [0.25, 0.3) is 10.0 Å². The van der Waals surface area contributed by atoms with Crippen molar-refractivity contribution in [2.75, 3.05) is 4.72 Å². The summed E-state index contributed by atoms with van der Waals surface area (Å²) in [6.07, 6.45) is 1.67. The molecule has 0 atom stereocenters. The number of fused-ring (bicyclic) bond motifs is 1. The number of nitrogens with zero attached hydrogens (tertiary/aromatic N) is 3. The van der Waals surface area contributed by atoms with E-state index in [0.717, 1.165) is 27.8 Å². The summed E-state index contributed by atoms with van der Waals surface area (Å²) in [6, 6.07) is 14.4. The van der Waals surface area contributed by atoms with Crippen molar-refractivity contribution < 1.29 is 8.42 Å². The normalized spacial score (nSPS) is 11.7. The quantitative estimate of drug-likeness (QED) is 0.518. The van der Waals surface area contributed by atoms with Crippen LogP contribution in [-0.2, 0) is 16.6 Å². The molecule has 0 aliphatic rings. The van der Waals surface area contributed by atoms with Crippen LogP contribution in [0.1, 0.15) is 27.8 Å². The van der Waals surface area contributed by atoms with E-state index in [1.54, 1.807) is 36.5 Å². The first-order chi connectivity index (χ1) is 14.7. The highest BCUT2D eigenvalue weighted by Crippen LogP contribution is 2.28. The van der Waals surface area contributed by atoms with Crippen molar-refractivity contribution in [2.45, 2.75) is 39.1 Å². The van der Waals surface area contributed by atoms with Gasteiger partial charge in [-0.25, -0.2) is 17.9 Å². The molecule has 0 aliphatic carbocycles. The van der Waals surface area contributed by atoms with E-state index in [9.17, 15) is 13.2 Å². The first-order valence-corrected chi connectivity index (χ1v) is 11.4. The van der Waals surface area contributed by atoms with Gasteiger partial charge in [0.1, 0.15) is 0 Å². The molecule has 2 aromatic heterocycles. The van der Waals surface area contributed by atoms with Crippen molar-refractivity contribution in [1.82, 2.24) is 14.2 Å². The fourth-order valence-corrected chi connectivity index (χ4v) is 5.43. The van der Waals surface area contributed by atoms with Crippen molar-refractivity contribution in [3.8, 4) is 0 Å². The molecule has 0 spiro atoms. The Balaban J connectivity index is 1.66. The highest BCUT2D eigenvalue weighted by molar-refractivity contribution is 7.92. The van der Waals surface area contributed by atoms with Crippen molar-refractivity contribution in [1.29, 1.82) is 0 Å². The molecule has 1 N–H and O–H groups in total. The predicted octanol–water partition coefficient (Wildman–Crippen LogP) is 3.58. The number of sulfonamides is 1. The second kappa shape index (κ2) is 7.70. The molecule has 0 saturated carbocycles. The van der Waals surface area contributed by atoms with E-state index < -0.39 is 10.0 Å². The van der Waals surface area contributed by atoms with Gasteiger partial charge in [-0.3, -0.25) is 9.12 Å². The molecule has 8 heteroatoms. The van der Waals surface area contributed by atoms with Crippen LogP contribution < -0.4 is 10.4 Å². The summed E-state index contributed by atoms with van der Waals surface area (Å²) in [7, 11) is -3.78. The number of aromatic nitrogens is 3. The minimum absolute atomic E-state index is 0.234. The lowest BCUT2D eigenvalue weighted by atomic mass is 10.0. The van der Waals surface area contributed by atoms with Crippen LogP contribution in [0.3, 0.4) is 0 Å². The molecule has 4 rings (SSSR count). The van der Waals surface area contributed by atoms with Gasteiger partial charge >= 0.3 is 5.69 Å². The zero-order chi connectivity index (χ0) is 22.3. The Bertz CT molecular complexity index is 1440. The zero-order valence-electron chi connectivity index (χ0n) is 17.9. The Morgan fingerprint density at radius 1 is 0.935 bits per heavy atom. The maximum atomic E-state index is 13.2. The first-order valence-electron chi connectivity index (χ1n) is 9.91. The lowest BCUT2D eigenvalue weighted by Crippen LogP contribution is -2.21. The Morgan fingerprint density at radius 3 is 2.32 bits per heavy atom. The molecule has 2 aromatic carbocycles. The van der Waals surface area contributed by atoms with Crippen molar-refractivity contribution in [2.24, 2.45) is 0 Å². The Labute approximate surface area is 181 Å². The van der Waals surface area contributed by atoms with Gasteiger partial charge < -0.3 is 0 Å². The average Bonchev–Trinajstić information content (AvgIpc) is 3.02.